The molecule has 0 saturated carbocycles. The highest BCUT2D eigenvalue weighted by atomic mass is 19.1. The van der Waals surface area contributed by atoms with E-state index in [4.69, 9.17) is 10.1 Å². The molecule has 196 valence electrons. The van der Waals surface area contributed by atoms with Gasteiger partial charge in [0, 0.05) is 24.1 Å². The number of halogens is 1. The summed E-state index contributed by atoms with van der Waals surface area (Å²) in [5.41, 5.74) is 3.55. The molecule has 36 heavy (non-hydrogen) atoms. The molecule has 0 spiro atoms. The van der Waals surface area contributed by atoms with Crippen molar-refractivity contribution in [1.82, 2.24) is 10.3 Å². The molecule has 0 radical (unpaired) electrons. The van der Waals surface area contributed by atoms with Crippen LogP contribution in [-0.2, 0) is 4.79 Å². The van der Waals surface area contributed by atoms with Crippen LogP contribution in [0.1, 0.15) is 93.0 Å². The Morgan fingerprint density at radius 3 is 2.19 bits per heavy atom. The van der Waals surface area contributed by atoms with Crippen LogP contribution < -0.4 is 5.32 Å². The van der Waals surface area contributed by atoms with Crippen LogP contribution in [0.2, 0.25) is 0 Å². The molecule has 1 aromatic carbocycles. The molecule has 2 aromatic rings. The van der Waals surface area contributed by atoms with Gasteiger partial charge in [-0.25, -0.2) is 4.39 Å². The largest absolute Gasteiger partial charge is 0.481 e. The maximum Gasteiger partial charge on any atom is 0.305 e. The number of aromatic nitrogens is 1. The fourth-order valence-electron chi connectivity index (χ4n) is 3.99. The molecule has 0 aliphatic heterocycles. The van der Waals surface area contributed by atoms with Crippen LogP contribution in [0.3, 0.4) is 0 Å². The van der Waals surface area contributed by atoms with Crippen LogP contribution in [0.5, 0.6) is 0 Å². The summed E-state index contributed by atoms with van der Waals surface area (Å²) in [6.45, 7) is 10.3. The molecule has 1 aromatic heterocycles. The van der Waals surface area contributed by atoms with E-state index in [1.54, 1.807) is 18.2 Å². The minimum Gasteiger partial charge on any atom is -0.481 e. The van der Waals surface area contributed by atoms with Gasteiger partial charge < -0.3 is 20.6 Å². The van der Waals surface area contributed by atoms with Gasteiger partial charge in [0.2, 0.25) is 0 Å². The summed E-state index contributed by atoms with van der Waals surface area (Å²) in [7, 11) is 0. The molecule has 7 nitrogen and oxygen atoms in total. The number of carboxylic acid groups (broad SMARTS) is 1. The molecule has 0 aliphatic rings. The second-order valence-electron chi connectivity index (χ2n) is 9.53. The molecule has 2 atom stereocenters. The summed E-state index contributed by atoms with van der Waals surface area (Å²) >= 11 is 0. The van der Waals surface area contributed by atoms with Crippen molar-refractivity contribution in [3.05, 3.63) is 58.7 Å². The van der Waals surface area contributed by atoms with E-state index in [1.807, 2.05) is 34.6 Å². The number of amides is 1. The lowest BCUT2D eigenvalue weighted by molar-refractivity contribution is -0.139. The fourth-order valence-corrected chi connectivity index (χ4v) is 3.99. The topological polar surface area (TPSA) is 120 Å². The third-order valence-electron chi connectivity index (χ3n) is 5.69. The number of hydrogen-bond donors (Lipinski definition) is 4. The zero-order chi connectivity index (χ0) is 27.0. The lowest BCUT2D eigenvalue weighted by Crippen LogP contribution is -2.27. The van der Waals surface area contributed by atoms with E-state index in [0.717, 1.165) is 6.42 Å². The zero-order valence-electron chi connectivity index (χ0n) is 21.6. The van der Waals surface area contributed by atoms with Gasteiger partial charge in [0.1, 0.15) is 5.82 Å². The Balaban J connectivity index is 2.78. The quantitative estimate of drug-likeness (QED) is 0.330. The highest BCUT2D eigenvalue weighted by Crippen LogP contribution is 2.37. The van der Waals surface area contributed by atoms with E-state index in [2.05, 4.69) is 5.32 Å². The summed E-state index contributed by atoms with van der Waals surface area (Å²) in [4.78, 5) is 29.2. The fraction of sp³-hybridized carbons (Fsp3) is 0.464. The van der Waals surface area contributed by atoms with Gasteiger partial charge in [0.15, 0.2) is 0 Å². The average Bonchev–Trinajstić information content (AvgIpc) is 2.79. The van der Waals surface area contributed by atoms with Crippen LogP contribution in [0.4, 0.5) is 4.39 Å². The average molecular weight is 501 g/mol. The van der Waals surface area contributed by atoms with E-state index in [1.165, 1.54) is 18.2 Å². The smallest absolute Gasteiger partial charge is 0.305 e. The second kappa shape index (κ2) is 13.3. The van der Waals surface area contributed by atoms with E-state index < -0.39 is 30.4 Å². The first kappa shape index (κ1) is 29.1. The van der Waals surface area contributed by atoms with Crippen LogP contribution in [-0.4, -0.2) is 50.9 Å². The standard InChI is InChI=1S/C28H37FN2O5/c1-6-13-30-28(36)25-24(18-7-9-19(29)10-8-18)22(26(16(2)3)31-27(25)17(4)5)12-11-20(32)14-21(33)15-23(34)35/h7-12,16-17,20-21,32-33H,6,13-15H2,1-5H3,(H,30,36)(H,34,35)/b12-11+. The monoisotopic (exact) mass is 500 g/mol. The van der Waals surface area contributed by atoms with Crippen LogP contribution in [0.15, 0.2) is 30.3 Å². The van der Waals surface area contributed by atoms with Crippen molar-refractivity contribution in [2.45, 2.75) is 77.9 Å². The Bertz CT molecular complexity index is 1080. The number of nitrogens with one attached hydrogen (secondary N) is 1. The number of hydrogen-bond acceptors (Lipinski definition) is 5. The van der Waals surface area contributed by atoms with Gasteiger partial charge in [0.05, 0.1) is 35.6 Å². The molecule has 0 aliphatic carbocycles. The maximum atomic E-state index is 13.8. The van der Waals surface area contributed by atoms with Crippen molar-refractivity contribution < 1.29 is 29.3 Å². The van der Waals surface area contributed by atoms with Crippen molar-refractivity contribution in [1.29, 1.82) is 0 Å². The molecule has 0 fully saturated rings. The number of carbonyl (C=O) groups excluding carboxylic acids is 1. The predicted molar refractivity (Wildman–Crippen MR) is 138 cm³/mol. The van der Waals surface area contributed by atoms with Crippen LogP contribution in [0, 0.1) is 5.82 Å². The Morgan fingerprint density at radius 2 is 1.67 bits per heavy atom. The summed E-state index contributed by atoms with van der Waals surface area (Å²) in [6, 6.07) is 5.89. The van der Waals surface area contributed by atoms with E-state index in [0.29, 0.717) is 40.2 Å². The number of carboxylic acids is 1. The van der Waals surface area contributed by atoms with Gasteiger partial charge in [-0.1, -0.05) is 58.9 Å². The van der Waals surface area contributed by atoms with Crippen molar-refractivity contribution in [2.24, 2.45) is 0 Å². The predicted octanol–water partition coefficient (Wildman–Crippen LogP) is 4.87. The molecule has 2 rings (SSSR count). The lowest BCUT2D eigenvalue weighted by Gasteiger charge is -2.23. The number of aliphatic carboxylic acids is 1. The van der Waals surface area contributed by atoms with Crippen molar-refractivity contribution in [3.63, 3.8) is 0 Å². The Morgan fingerprint density at radius 1 is 1.06 bits per heavy atom. The minimum atomic E-state index is -1.21. The molecule has 0 saturated heterocycles. The first-order chi connectivity index (χ1) is 17.0. The van der Waals surface area contributed by atoms with Gasteiger partial charge in [-0.05, 0) is 36.0 Å². The van der Waals surface area contributed by atoms with Crippen molar-refractivity contribution in [2.75, 3.05) is 6.54 Å². The Labute approximate surface area is 212 Å². The Hall–Kier alpha value is -3.10. The normalized spacial score (nSPS) is 13.4. The van der Waals surface area contributed by atoms with Crippen LogP contribution >= 0.6 is 0 Å². The first-order valence-electron chi connectivity index (χ1n) is 12.3. The molecule has 1 amide bonds. The molecular formula is C28H37FN2O5. The second-order valence-corrected chi connectivity index (χ2v) is 9.53. The number of aliphatic hydroxyl groups excluding tert-OH is 2. The van der Waals surface area contributed by atoms with E-state index >= 15 is 0 Å². The summed E-state index contributed by atoms with van der Waals surface area (Å²) in [5, 5.41) is 32.2. The number of pyridine rings is 1. The van der Waals surface area contributed by atoms with Crippen LogP contribution in [0.25, 0.3) is 17.2 Å². The van der Waals surface area contributed by atoms with E-state index in [-0.39, 0.29) is 24.2 Å². The molecular weight excluding hydrogens is 463 g/mol. The molecule has 8 heteroatoms. The van der Waals surface area contributed by atoms with Crippen molar-refractivity contribution >= 4 is 18.0 Å². The molecule has 0 bridgehead atoms. The lowest BCUT2D eigenvalue weighted by atomic mass is 9.86. The maximum absolute atomic E-state index is 13.8. The van der Waals surface area contributed by atoms with Gasteiger partial charge in [-0.15, -0.1) is 0 Å². The highest BCUT2D eigenvalue weighted by Gasteiger charge is 2.27. The number of benzene rings is 1. The number of carbonyl (C=O) groups is 2. The number of rotatable bonds is 12. The van der Waals surface area contributed by atoms with E-state index in [9.17, 15) is 24.2 Å². The molecule has 2 unspecified atom stereocenters. The number of nitrogens with zero attached hydrogens (tertiary/aromatic N) is 1. The summed E-state index contributed by atoms with van der Waals surface area (Å²) < 4.78 is 13.8. The third-order valence-corrected chi connectivity index (χ3v) is 5.69. The minimum absolute atomic E-state index is 0.0381. The van der Waals surface area contributed by atoms with Gasteiger partial charge >= 0.3 is 5.97 Å². The zero-order valence-corrected chi connectivity index (χ0v) is 21.6. The number of aliphatic hydroxyl groups is 2. The third kappa shape index (κ3) is 7.70. The summed E-state index contributed by atoms with van der Waals surface area (Å²) in [5.74, 6) is -1.95. The van der Waals surface area contributed by atoms with Gasteiger partial charge in [-0.2, -0.15) is 0 Å². The van der Waals surface area contributed by atoms with Gasteiger partial charge in [-0.3, -0.25) is 14.6 Å². The Kier molecular flexibility index (Phi) is 10.7. The van der Waals surface area contributed by atoms with Gasteiger partial charge in [0.25, 0.3) is 5.91 Å². The molecule has 1 heterocycles. The highest BCUT2D eigenvalue weighted by molar-refractivity contribution is 6.04. The first-order valence-corrected chi connectivity index (χ1v) is 12.3. The van der Waals surface area contributed by atoms with Crippen molar-refractivity contribution in [3.8, 4) is 11.1 Å². The summed E-state index contributed by atoms with van der Waals surface area (Å²) in [6.07, 6.45) is 0.901. The molecule has 4 N–H and O–H groups in total. The SMILES string of the molecule is CCCNC(=O)c1c(C(C)C)nc(C(C)C)c(/C=C/C(O)CC(O)CC(=O)O)c1-c1ccc(F)cc1.